The van der Waals surface area contributed by atoms with Gasteiger partial charge in [0.25, 0.3) is 5.91 Å². The number of hydrogen-bond acceptors (Lipinski definition) is 6. The molecule has 0 saturated carbocycles. The molecule has 1 amide bonds. The highest BCUT2D eigenvalue weighted by Gasteiger charge is 2.37. The van der Waals surface area contributed by atoms with Gasteiger partial charge in [0.15, 0.2) is 13.2 Å². The number of pyridine rings is 1. The van der Waals surface area contributed by atoms with E-state index in [0.29, 0.717) is 17.0 Å². The van der Waals surface area contributed by atoms with Crippen LogP contribution in [0, 0.1) is 0 Å². The van der Waals surface area contributed by atoms with Gasteiger partial charge in [-0.1, -0.05) is 18.2 Å². The third kappa shape index (κ3) is 7.58. The summed E-state index contributed by atoms with van der Waals surface area (Å²) in [5.74, 6) is -2.23. The minimum Gasteiger partial charge on any atom is -0.487 e. The van der Waals surface area contributed by atoms with E-state index >= 15 is 0 Å². The molecule has 0 bridgehead atoms. The second-order valence-corrected chi connectivity index (χ2v) is 9.07. The number of hydrazine groups is 1. The first-order valence-electron chi connectivity index (χ1n) is 9.70. The SMILES string of the molecule is O=C(NNS(=O)(=O)C1CC=C(OCC(F)(F)F)C=C1OCC(F)(F)F)c1cnc2ccccc2c1. The number of halogens is 6. The second kappa shape index (κ2) is 10.1. The molecule has 1 aliphatic rings. The van der Waals surface area contributed by atoms with Crippen LogP contribution >= 0.6 is 0 Å². The Morgan fingerprint density at radius 2 is 1.71 bits per heavy atom. The summed E-state index contributed by atoms with van der Waals surface area (Å²) in [6.07, 6.45) is -7.40. The number of rotatable bonds is 8. The first-order chi connectivity index (χ1) is 16.2. The molecule has 1 aliphatic carbocycles. The maximum absolute atomic E-state index is 12.7. The van der Waals surface area contributed by atoms with E-state index in [1.165, 1.54) is 12.3 Å². The van der Waals surface area contributed by atoms with Gasteiger partial charge in [0.05, 0.1) is 11.1 Å². The van der Waals surface area contributed by atoms with Crippen LogP contribution < -0.4 is 10.3 Å². The van der Waals surface area contributed by atoms with Crippen molar-refractivity contribution in [3.8, 4) is 0 Å². The van der Waals surface area contributed by atoms with Crippen LogP contribution in [0.1, 0.15) is 16.8 Å². The van der Waals surface area contributed by atoms with Crippen molar-refractivity contribution in [2.24, 2.45) is 0 Å². The molecule has 3 rings (SSSR count). The summed E-state index contributed by atoms with van der Waals surface area (Å²) in [4.78, 5) is 18.2. The van der Waals surface area contributed by atoms with Gasteiger partial charge in [-0.2, -0.15) is 26.3 Å². The Morgan fingerprint density at radius 3 is 2.40 bits per heavy atom. The monoisotopic (exact) mass is 525 g/mol. The molecule has 1 unspecified atom stereocenters. The van der Waals surface area contributed by atoms with E-state index in [4.69, 9.17) is 0 Å². The van der Waals surface area contributed by atoms with Crippen LogP contribution in [0.2, 0.25) is 0 Å². The van der Waals surface area contributed by atoms with Gasteiger partial charge in [0, 0.05) is 17.7 Å². The Hall–Kier alpha value is -3.33. The van der Waals surface area contributed by atoms with Crippen molar-refractivity contribution >= 4 is 26.8 Å². The molecule has 15 heteroatoms. The summed E-state index contributed by atoms with van der Waals surface area (Å²) >= 11 is 0. The smallest absolute Gasteiger partial charge is 0.422 e. The molecule has 2 aromatic rings. The summed E-state index contributed by atoms with van der Waals surface area (Å²) in [6, 6.07) is 8.24. The molecule has 0 radical (unpaired) electrons. The molecule has 190 valence electrons. The van der Waals surface area contributed by atoms with Crippen LogP contribution in [0.25, 0.3) is 10.9 Å². The molecular weight excluding hydrogens is 508 g/mol. The lowest BCUT2D eigenvalue weighted by atomic mass is 10.1. The van der Waals surface area contributed by atoms with Crippen molar-refractivity contribution in [1.29, 1.82) is 0 Å². The summed E-state index contributed by atoms with van der Waals surface area (Å²) in [5, 5.41) is -1.20. The topological polar surface area (TPSA) is 107 Å². The highest BCUT2D eigenvalue weighted by molar-refractivity contribution is 7.90. The summed E-state index contributed by atoms with van der Waals surface area (Å²) in [5.41, 5.74) is 2.50. The van der Waals surface area contributed by atoms with E-state index < -0.39 is 64.7 Å². The van der Waals surface area contributed by atoms with Crippen molar-refractivity contribution in [2.45, 2.75) is 24.0 Å². The molecular formula is C20H17F6N3O5S. The molecule has 35 heavy (non-hydrogen) atoms. The highest BCUT2D eigenvalue weighted by atomic mass is 32.2. The Morgan fingerprint density at radius 1 is 1.06 bits per heavy atom. The van der Waals surface area contributed by atoms with Crippen LogP contribution in [0.3, 0.4) is 0 Å². The number of aromatic nitrogens is 1. The van der Waals surface area contributed by atoms with Crippen LogP contribution in [0.5, 0.6) is 0 Å². The first-order valence-corrected chi connectivity index (χ1v) is 11.2. The fourth-order valence-electron chi connectivity index (χ4n) is 2.93. The number of amides is 1. The van der Waals surface area contributed by atoms with Crippen molar-refractivity contribution < 1.29 is 49.0 Å². The quantitative estimate of drug-likeness (QED) is 0.404. The minimum atomic E-state index is -4.85. The van der Waals surface area contributed by atoms with Gasteiger partial charge in [-0.3, -0.25) is 15.2 Å². The van der Waals surface area contributed by atoms with E-state index in [0.717, 1.165) is 6.08 Å². The Balaban J connectivity index is 1.73. The Kier molecular flexibility index (Phi) is 7.59. The number of sulfonamides is 1. The third-order valence-electron chi connectivity index (χ3n) is 4.47. The highest BCUT2D eigenvalue weighted by Crippen LogP contribution is 2.28. The van der Waals surface area contributed by atoms with Gasteiger partial charge in [-0.05, 0) is 24.6 Å². The summed E-state index contributed by atoms with van der Waals surface area (Å²) in [6.45, 7) is -3.64. The standard InChI is InChI=1S/C20H17F6N3O5S/c21-19(22,23)10-33-14-5-6-17(16(8-14)34-11-20(24,25)26)35(31,32)29-28-18(30)13-7-12-3-1-2-4-15(12)27-9-13/h1-5,7-9,17,29H,6,10-11H2,(H,28,30). The van der Waals surface area contributed by atoms with E-state index in [1.54, 1.807) is 29.1 Å². The zero-order valence-electron chi connectivity index (χ0n) is 17.5. The first kappa shape index (κ1) is 26.3. The molecule has 1 aromatic heterocycles. The largest absolute Gasteiger partial charge is 0.487 e. The fourth-order valence-corrected chi connectivity index (χ4v) is 4.10. The van der Waals surface area contributed by atoms with Crippen LogP contribution in [-0.4, -0.2) is 50.1 Å². The van der Waals surface area contributed by atoms with Gasteiger partial charge in [-0.25, -0.2) is 8.42 Å². The number of allylic oxidation sites excluding steroid dienone is 2. The number of carbonyl (C=O) groups is 1. The van der Waals surface area contributed by atoms with Crippen molar-refractivity contribution in [1.82, 2.24) is 15.2 Å². The van der Waals surface area contributed by atoms with Crippen LogP contribution in [0.15, 0.2) is 60.2 Å². The maximum atomic E-state index is 12.7. The molecule has 0 saturated heterocycles. The summed E-state index contributed by atoms with van der Waals surface area (Å²) in [7, 11) is -4.60. The molecule has 2 N–H and O–H groups in total. The van der Waals surface area contributed by atoms with E-state index in [-0.39, 0.29) is 5.56 Å². The molecule has 1 aromatic carbocycles. The molecule has 0 fully saturated rings. The Bertz CT molecular complexity index is 1260. The zero-order chi connectivity index (χ0) is 25.9. The minimum absolute atomic E-state index is 0.0122. The number of hydrogen-bond donors (Lipinski definition) is 2. The van der Waals surface area contributed by atoms with Gasteiger partial charge in [0.2, 0.25) is 10.0 Å². The second-order valence-electron chi connectivity index (χ2n) is 7.20. The number of para-hydroxylation sites is 1. The van der Waals surface area contributed by atoms with Crippen molar-refractivity contribution in [3.05, 3.63) is 65.8 Å². The lowest BCUT2D eigenvalue weighted by molar-refractivity contribution is -0.166. The molecule has 0 spiro atoms. The van der Waals surface area contributed by atoms with Crippen LogP contribution in [-0.2, 0) is 19.5 Å². The van der Waals surface area contributed by atoms with E-state index in [1.807, 2.05) is 5.43 Å². The third-order valence-corrected chi connectivity index (χ3v) is 6.03. The average molecular weight is 525 g/mol. The predicted molar refractivity (Wildman–Crippen MR) is 110 cm³/mol. The predicted octanol–water partition coefficient (Wildman–Crippen LogP) is 3.50. The molecule has 1 atom stereocenters. The molecule has 1 heterocycles. The van der Waals surface area contributed by atoms with E-state index in [2.05, 4.69) is 14.5 Å². The lowest BCUT2D eigenvalue weighted by Gasteiger charge is -2.25. The number of ether oxygens (including phenoxy) is 2. The number of nitrogens with zero attached hydrogens (tertiary/aromatic N) is 1. The fraction of sp³-hybridized carbons (Fsp3) is 0.300. The lowest BCUT2D eigenvalue weighted by Crippen LogP contribution is -2.47. The molecule has 0 aliphatic heterocycles. The zero-order valence-corrected chi connectivity index (χ0v) is 18.3. The normalized spacial score (nSPS) is 16.9. The summed E-state index contributed by atoms with van der Waals surface area (Å²) < 4.78 is 109. The van der Waals surface area contributed by atoms with E-state index in [9.17, 15) is 39.6 Å². The number of fused-ring (bicyclic) bond motifs is 1. The number of carbonyl (C=O) groups excluding carboxylic acids is 1. The van der Waals surface area contributed by atoms with Gasteiger partial charge in [-0.15, -0.1) is 4.83 Å². The average Bonchev–Trinajstić information content (AvgIpc) is 2.78. The number of alkyl halides is 6. The van der Waals surface area contributed by atoms with Crippen molar-refractivity contribution in [3.63, 3.8) is 0 Å². The van der Waals surface area contributed by atoms with Crippen LogP contribution in [0.4, 0.5) is 26.3 Å². The van der Waals surface area contributed by atoms with Gasteiger partial charge < -0.3 is 9.47 Å². The maximum Gasteiger partial charge on any atom is 0.422 e. The van der Waals surface area contributed by atoms with Gasteiger partial charge in [0.1, 0.15) is 16.8 Å². The van der Waals surface area contributed by atoms with Gasteiger partial charge >= 0.3 is 12.4 Å². The number of nitrogens with one attached hydrogen (secondary N) is 2. The van der Waals surface area contributed by atoms with Crippen molar-refractivity contribution in [2.75, 3.05) is 13.2 Å². The number of benzene rings is 1. The molecule has 8 nitrogen and oxygen atoms in total. The Labute approximate surface area is 194 Å².